The van der Waals surface area contributed by atoms with E-state index in [0.717, 1.165) is 24.2 Å². The number of aldehydes is 1. The molecule has 4 fully saturated rings. The van der Waals surface area contributed by atoms with Crippen molar-refractivity contribution < 1.29 is 4.79 Å². The van der Waals surface area contributed by atoms with Gasteiger partial charge in [0, 0.05) is 5.92 Å². The first-order valence-electron chi connectivity index (χ1n) is 7.21. The van der Waals surface area contributed by atoms with Crippen LogP contribution in [0.15, 0.2) is 0 Å². The number of carbonyl (C=O) groups is 1. The molecule has 90 valence electrons. The fourth-order valence-electron chi connectivity index (χ4n) is 5.46. The first-order valence-corrected chi connectivity index (χ1v) is 7.21. The number of rotatable bonds is 4. The Morgan fingerprint density at radius 3 is 2.00 bits per heavy atom. The molecule has 0 aromatic heterocycles. The minimum Gasteiger partial charge on any atom is -0.303 e. The van der Waals surface area contributed by atoms with E-state index in [4.69, 9.17) is 0 Å². The van der Waals surface area contributed by atoms with Crippen LogP contribution in [0.2, 0.25) is 0 Å². The van der Waals surface area contributed by atoms with Gasteiger partial charge in [0.15, 0.2) is 0 Å². The lowest BCUT2D eigenvalue weighted by Crippen LogP contribution is -2.50. The van der Waals surface area contributed by atoms with Crippen LogP contribution in [0, 0.1) is 29.1 Å². The summed E-state index contributed by atoms with van der Waals surface area (Å²) in [6.07, 6.45) is 12.2. The molecule has 16 heavy (non-hydrogen) atoms. The monoisotopic (exact) mass is 220 g/mol. The second-order valence-electron chi connectivity index (χ2n) is 6.81. The molecule has 0 aliphatic heterocycles. The maximum Gasteiger partial charge on any atom is 0.123 e. The van der Waals surface area contributed by atoms with Crippen LogP contribution in [-0.2, 0) is 4.79 Å². The van der Waals surface area contributed by atoms with Gasteiger partial charge in [-0.1, -0.05) is 13.3 Å². The van der Waals surface area contributed by atoms with Crippen LogP contribution in [0.1, 0.15) is 58.3 Å². The highest BCUT2D eigenvalue weighted by molar-refractivity contribution is 5.55. The van der Waals surface area contributed by atoms with Crippen molar-refractivity contribution in [3.05, 3.63) is 0 Å². The summed E-state index contributed by atoms with van der Waals surface area (Å²) >= 11 is 0. The van der Waals surface area contributed by atoms with Crippen molar-refractivity contribution in [2.45, 2.75) is 58.3 Å². The Hall–Kier alpha value is -0.330. The van der Waals surface area contributed by atoms with Gasteiger partial charge in [0.25, 0.3) is 0 Å². The fraction of sp³-hybridized carbons (Fsp3) is 0.933. The molecule has 0 N–H and O–H groups in total. The SMILES string of the molecule is CCCC(C=O)C12CC3CC(CC(C3)C1)C2. The first kappa shape index (κ1) is 10.8. The molecule has 1 unspecified atom stereocenters. The van der Waals surface area contributed by atoms with Crippen LogP contribution in [0.3, 0.4) is 0 Å². The van der Waals surface area contributed by atoms with Gasteiger partial charge in [0.1, 0.15) is 6.29 Å². The van der Waals surface area contributed by atoms with Crippen molar-refractivity contribution in [1.82, 2.24) is 0 Å². The Balaban J connectivity index is 1.84. The zero-order valence-corrected chi connectivity index (χ0v) is 10.5. The Bertz CT molecular complexity index is 246. The van der Waals surface area contributed by atoms with Crippen molar-refractivity contribution in [2.24, 2.45) is 29.1 Å². The van der Waals surface area contributed by atoms with Gasteiger partial charge in [0.05, 0.1) is 0 Å². The van der Waals surface area contributed by atoms with Crippen molar-refractivity contribution in [3.8, 4) is 0 Å². The summed E-state index contributed by atoms with van der Waals surface area (Å²) in [5.41, 5.74) is 0.451. The predicted octanol–water partition coefficient (Wildman–Crippen LogP) is 3.82. The maximum absolute atomic E-state index is 11.4. The highest BCUT2D eigenvalue weighted by Crippen LogP contribution is 2.62. The molecule has 0 radical (unpaired) electrons. The van der Waals surface area contributed by atoms with E-state index in [1.165, 1.54) is 51.2 Å². The van der Waals surface area contributed by atoms with E-state index in [2.05, 4.69) is 6.92 Å². The van der Waals surface area contributed by atoms with Crippen LogP contribution in [-0.4, -0.2) is 6.29 Å². The number of hydrogen-bond donors (Lipinski definition) is 0. The molecule has 1 atom stereocenters. The van der Waals surface area contributed by atoms with Crippen molar-refractivity contribution >= 4 is 6.29 Å². The van der Waals surface area contributed by atoms with Gasteiger partial charge in [-0.05, 0) is 68.1 Å². The maximum atomic E-state index is 11.4. The van der Waals surface area contributed by atoms with Crippen LogP contribution >= 0.6 is 0 Å². The number of hydrogen-bond acceptors (Lipinski definition) is 1. The minimum atomic E-state index is 0.380. The van der Waals surface area contributed by atoms with Gasteiger partial charge in [-0.25, -0.2) is 0 Å². The van der Waals surface area contributed by atoms with Crippen LogP contribution in [0.5, 0.6) is 0 Å². The van der Waals surface area contributed by atoms with E-state index < -0.39 is 0 Å². The molecule has 0 heterocycles. The molecule has 1 heteroatoms. The molecule has 4 bridgehead atoms. The first-order chi connectivity index (χ1) is 7.75. The predicted molar refractivity (Wildman–Crippen MR) is 65.1 cm³/mol. The third kappa shape index (κ3) is 1.55. The van der Waals surface area contributed by atoms with Gasteiger partial charge in [-0.2, -0.15) is 0 Å². The summed E-state index contributed by atoms with van der Waals surface area (Å²) in [7, 11) is 0. The lowest BCUT2D eigenvalue weighted by atomic mass is 9.46. The van der Waals surface area contributed by atoms with E-state index in [-0.39, 0.29) is 0 Å². The summed E-state index contributed by atoms with van der Waals surface area (Å²) in [4.78, 5) is 11.4. The normalized spacial score (nSPS) is 46.9. The van der Waals surface area contributed by atoms with E-state index in [1.54, 1.807) is 0 Å². The molecular formula is C15H24O. The molecular weight excluding hydrogens is 196 g/mol. The van der Waals surface area contributed by atoms with E-state index >= 15 is 0 Å². The van der Waals surface area contributed by atoms with Gasteiger partial charge in [-0.3, -0.25) is 0 Å². The summed E-state index contributed by atoms with van der Waals surface area (Å²) in [6.45, 7) is 2.22. The standard InChI is InChI=1S/C15H24O/c1-2-3-14(10-16)15-7-11-4-12(8-15)6-13(5-11)9-15/h10-14H,2-9H2,1H3. The highest BCUT2D eigenvalue weighted by atomic mass is 16.1. The zero-order chi connectivity index (χ0) is 11.2. The van der Waals surface area contributed by atoms with Gasteiger partial charge in [-0.15, -0.1) is 0 Å². The Labute approximate surface area is 99.0 Å². The third-order valence-corrected chi connectivity index (χ3v) is 5.64. The molecule has 4 saturated carbocycles. The molecule has 4 rings (SSSR count). The smallest absolute Gasteiger partial charge is 0.123 e. The lowest BCUT2D eigenvalue weighted by Gasteiger charge is -2.58. The Morgan fingerprint density at radius 2 is 1.62 bits per heavy atom. The second kappa shape index (κ2) is 3.85. The average Bonchev–Trinajstić information content (AvgIpc) is 2.23. The molecule has 0 aromatic carbocycles. The van der Waals surface area contributed by atoms with Crippen LogP contribution in [0.4, 0.5) is 0 Å². The topological polar surface area (TPSA) is 17.1 Å². The average molecular weight is 220 g/mol. The molecule has 0 amide bonds. The summed E-state index contributed by atoms with van der Waals surface area (Å²) in [5, 5.41) is 0. The number of carbonyl (C=O) groups excluding carboxylic acids is 1. The molecule has 0 spiro atoms. The Morgan fingerprint density at radius 1 is 1.12 bits per heavy atom. The summed E-state index contributed by atoms with van der Waals surface area (Å²) in [5.74, 6) is 3.31. The molecule has 0 saturated heterocycles. The third-order valence-electron chi connectivity index (χ3n) is 5.64. The van der Waals surface area contributed by atoms with Gasteiger partial charge >= 0.3 is 0 Å². The summed E-state index contributed by atoms with van der Waals surface area (Å²) in [6, 6.07) is 0. The fourth-order valence-corrected chi connectivity index (χ4v) is 5.46. The van der Waals surface area contributed by atoms with E-state index in [0.29, 0.717) is 11.3 Å². The largest absolute Gasteiger partial charge is 0.303 e. The zero-order valence-electron chi connectivity index (χ0n) is 10.5. The van der Waals surface area contributed by atoms with Crippen molar-refractivity contribution in [1.29, 1.82) is 0 Å². The molecule has 4 aliphatic carbocycles. The van der Waals surface area contributed by atoms with Gasteiger partial charge in [0.2, 0.25) is 0 Å². The van der Waals surface area contributed by atoms with E-state index in [9.17, 15) is 4.79 Å². The Kier molecular flexibility index (Phi) is 2.60. The second-order valence-corrected chi connectivity index (χ2v) is 6.81. The van der Waals surface area contributed by atoms with Crippen molar-refractivity contribution in [2.75, 3.05) is 0 Å². The minimum absolute atomic E-state index is 0.380. The highest BCUT2D eigenvalue weighted by Gasteiger charge is 2.53. The molecule has 1 nitrogen and oxygen atoms in total. The lowest BCUT2D eigenvalue weighted by molar-refractivity contribution is -0.128. The molecule has 4 aliphatic rings. The quantitative estimate of drug-likeness (QED) is 0.658. The van der Waals surface area contributed by atoms with E-state index in [1.807, 2.05) is 0 Å². The van der Waals surface area contributed by atoms with Crippen LogP contribution < -0.4 is 0 Å². The summed E-state index contributed by atoms with van der Waals surface area (Å²) < 4.78 is 0. The van der Waals surface area contributed by atoms with Gasteiger partial charge < -0.3 is 4.79 Å². The van der Waals surface area contributed by atoms with Crippen molar-refractivity contribution in [3.63, 3.8) is 0 Å². The van der Waals surface area contributed by atoms with Crippen LogP contribution in [0.25, 0.3) is 0 Å². The molecule has 0 aromatic rings.